The average Bonchev–Trinajstić information content (AvgIpc) is 3.65. The molecule has 7 atom stereocenters. The Hall–Kier alpha value is -5.31. The third-order valence-electron chi connectivity index (χ3n) is 14.3. The highest BCUT2D eigenvalue weighted by molar-refractivity contribution is 5.98. The van der Waals surface area contributed by atoms with Crippen LogP contribution in [0.3, 0.4) is 0 Å². The second-order valence-corrected chi connectivity index (χ2v) is 19.2. The number of nitrogens with one attached hydrogen (secondary N) is 3. The maximum atomic E-state index is 14.7. The molecule has 4 N–H and O–H groups in total. The molecule has 3 amide bonds. The van der Waals surface area contributed by atoms with E-state index in [-0.39, 0.29) is 42.4 Å². The number of rotatable bonds is 7. The van der Waals surface area contributed by atoms with Gasteiger partial charge in [-0.15, -0.1) is 0 Å². The van der Waals surface area contributed by atoms with Crippen LogP contribution in [0.25, 0.3) is 33.3 Å². The largest absolute Gasteiger partial charge is 0.508 e. The minimum absolute atomic E-state index is 0.0175. The smallest absolute Gasteiger partial charge is 0.324 e. The van der Waals surface area contributed by atoms with Crippen molar-refractivity contribution in [2.45, 2.75) is 97.0 Å². The van der Waals surface area contributed by atoms with E-state index in [0.29, 0.717) is 38.0 Å². The lowest BCUT2D eigenvalue weighted by molar-refractivity contribution is -0.156. The van der Waals surface area contributed by atoms with E-state index in [2.05, 4.69) is 59.6 Å². The molecule has 3 aliphatic heterocycles. The number of pyridine rings is 1. The zero-order valence-corrected chi connectivity index (χ0v) is 36.8. The summed E-state index contributed by atoms with van der Waals surface area (Å²) in [5.41, 5.74) is 9.22. The van der Waals surface area contributed by atoms with Crippen LogP contribution in [0.1, 0.15) is 82.7 Å². The molecule has 5 heterocycles. The Bertz CT molecular complexity index is 2460. The van der Waals surface area contributed by atoms with Gasteiger partial charge >= 0.3 is 5.97 Å². The van der Waals surface area contributed by atoms with Crippen LogP contribution in [-0.2, 0) is 41.6 Å². The molecule has 2 aromatic heterocycles. The Morgan fingerprint density at radius 3 is 2.65 bits per heavy atom. The topological polar surface area (TPSA) is 167 Å². The predicted octanol–water partition coefficient (Wildman–Crippen LogP) is 5.08. The second kappa shape index (κ2) is 15.8. The third-order valence-corrected chi connectivity index (χ3v) is 14.3. The number of ether oxygens (including phenoxy) is 2. The molecule has 0 radical (unpaired) electrons. The van der Waals surface area contributed by atoms with E-state index in [4.69, 9.17) is 14.5 Å². The van der Waals surface area contributed by atoms with Gasteiger partial charge in [0.05, 0.1) is 23.4 Å². The molecule has 9 rings (SSSR count). The summed E-state index contributed by atoms with van der Waals surface area (Å²) in [5, 5.41) is 20.1. The lowest BCUT2D eigenvalue weighted by atomic mass is 9.67. The fraction of sp³-hybridized carbons (Fsp3) is 0.521. The fourth-order valence-electron chi connectivity index (χ4n) is 11.2. The van der Waals surface area contributed by atoms with Crippen molar-refractivity contribution in [3.8, 4) is 28.1 Å². The van der Waals surface area contributed by atoms with Gasteiger partial charge in [0.25, 0.3) is 5.91 Å². The number of nitrogens with zero attached hydrogens (tertiary/aromatic N) is 4. The Labute approximate surface area is 362 Å². The molecule has 62 heavy (non-hydrogen) atoms. The normalized spacial score (nSPS) is 26.9. The molecule has 14 nitrogen and oxygen atoms in total. The predicted molar refractivity (Wildman–Crippen MR) is 233 cm³/mol. The molecule has 5 aliphatic rings. The molecule has 2 unspecified atom stereocenters. The maximum Gasteiger partial charge on any atom is 0.324 e. The van der Waals surface area contributed by atoms with Gasteiger partial charge in [-0.2, -0.15) is 0 Å². The minimum atomic E-state index is -1.10. The van der Waals surface area contributed by atoms with Gasteiger partial charge in [-0.05, 0) is 103 Å². The molecule has 2 aliphatic carbocycles. The van der Waals surface area contributed by atoms with Gasteiger partial charge in [0.15, 0.2) is 0 Å². The monoisotopic (exact) mass is 845 g/mol. The van der Waals surface area contributed by atoms with E-state index in [0.717, 1.165) is 57.5 Å². The number of aryl methyl sites for hydroxylation is 1. The number of methoxy groups -OCH3 is 1. The van der Waals surface area contributed by atoms with Gasteiger partial charge < -0.3 is 34.7 Å². The Morgan fingerprint density at radius 2 is 1.94 bits per heavy atom. The molecule has 0 spiro atoms. The molecule has 2 aromatic carbocycles. The summed E-state index contributed by atoms with van der Waals surface area (Å²) in [5.74, 6) is -1.67. The van der Waals surface area contributed by atoms with Crippen LogP contribution in [0.4, 0.5) is 0 Å². The van der Waals surface area contributed by atoms with Crippen LogP contribution < -0.4 is 16.1 Å². The van der Waals surface area contributed by atoms with Crippen molar-refractivity contribution >= 4 is 34.6 Å². The van der Waals surface area contributed by atoms with Crippen LogP contribution in [-0.4, -0.2) is 107 Å². The number of fused-ring (bicyclic) bond motifs is 9. The summed E-state index contributed by atoms with van der Waals surface area (Å²) in [6, 6.07) is 12.9. The van der Waals surface area contributed by atoms with Crippen molar-refractivity contribution in [3.63, 3.8) is 0 Å². The molecule has 14 heteroatoms. The van der Waals surface area contributed by atoms with Crippen LogP contribution in [0.5, 0.6) is 5.75 Å². The molecule has 2 saturated heterocycles. The van der Waals surface area contributed by atoms with Gasteiger partial charge in [0, 0.05) is 74.2 Å². The molecular formula is C48H59N7O7. The molecular weight excluding hydrogens is 787 g/mol. The number of hydrazine groups is 1. The van der Waals surface area contributed by atoms with E-state index in [1.165, 1.54) is 5.01 Å². The number of hydrogen-bond acceptors (Lipinski definition) is 10. The van der Waals surface area contributed by atoms with Crippen LogP contribution in [0.15, 0.2) is 54.7 Å². The number of piperidine rings is 1. The quantitative estimate of drug-likeness (QED) is 0.184. The highest BCUT2D eigenvalue weighted by atomic mass is 16.5. The van der Waals surface area contributed by atoms with Crippen molar-refractivity contribution in [1.82, 2.24) is 35.5 Å². The van der Waals surface area contributed by atoms with E-state index in [1.54, 1.807) is 37.4 Å². The standard InChI is InChI=1S/C48H59N7O7/c1-8-54-36-14-13-28-21-33(36)37-38(42(61-7)39-32(41(37)54)11-9-15-50-39)47(4,5)25-62-45(59)34-12-10-16-55(52-34)44(58)35(19-27-17-29(28)20-31(56)18-27)51-43(57)40(26(2)3)53(6)46(60)48-22-30(48)23-49-24-48/h9,11,13-15,17-18,20-21,26,30,34-35,38,40,42,49,52,56H,8,10,12,16,19,22-25H2,1-7H3,(H,51,57)/t30?,34-,35-,38?,40-,42-,48+/m0/s1. The van der Waals surface area contributed by atoms with Crippen molar-refractivity contribution in [1.29, 1.82) is 0 Å². The van der Waals surface area contributed by atoms with Gasteiger partial charge in [0.2, 0.25) is 11.8 Å². The Kier molecular flexibility index (Phi) is 10.7. The number of amides is 3. The minimum Gasteiger partial charge on any atom is -0.508 e. The molecule has 6 bridgehead atoms. The van der Waals surface area contributed by atoms with Crippen LogP contribution >= 0.6 is 0 Å². The molecule has 328 valence electrons. The van der Waals surface area contributed by atoms with E-state index < -0.39 is 52.8 Å². The van der Waals surface area contributed by atoms with E-state index in [1.807, 2.05) is 32.0 Å². The van der Waals surface area contributed by atoms with E-state index in [9.17, 15) is 24.3 Å². The van der Waals surface area contributed by atoms with Crippen molar-refractivity contribution < 1.29 is 33.8 Å². The highest BCUT2D eigenvalue weighted by Gasteiger charge is 2.64. The first-order valence-corrected chi connectivity index (χ1v) is 22.2. The first-order valence-electron chi connectivity index (χ1n) is 22.2. The van der Waals surface area contributed by atoms with Crippen molar-refractivity contribution in [2.75, 3.05) is 40.4 Å². The first kappa shape index (κ1) is 42.0. The van der Waals surface area contributed by atoms with Crippen LogP contribution in [0, 0.1) is 22.7 Å². The zero-order valence-electron chi connectivity index (χ0n) is 36.8. The maximum absolute atomic E-state index is 14.7. The number of carbonyl (C=O) groups is 4. The molecule has 3 fully saturated rings. The number of benzene rings is 2. The number of likely N-dealkylation sites (N-methyl/N-ethyl adjacent to an activating group) is 1. The fourth-order valence-corrected chi connectivity index (χ4v) is 11.2. The summed E-state index contributed by atoms with van der Waals surface area (Å²) in [6.07, 6.45) is 3.16. The number of hydrogen-bond donors (Lipinski definition) is 4. The lowest BCUT2D eigenvalue weighted by Crippen LogP contribution is -2.62. The Morgan fingerprint density at radius 1 is 1.13 bits per heavy atom. The van der Waals surface area contributed by atoms with E-state index >= 15 is 0 Å². The summed E-state index contributed by atoms with van der Waals surface area (Å²) in [6.45, 7) is 12.6. The molecule has 1 saturated carbocycles. The number of aromatic nitrogens is 2. The third kappa shape index (κ3) is 6.94. The van der Waals surface area contributed by atoms with Gasteiger partial charge in [-0.3, -0.25) is 29.2 Å². The second-order valence-electron chi connectivity index (χ2n) is 19.2. The van der Waals surface area contributed by atoms with Crippen molar-refractivity contribution in [3.05, 3.63) is 71.5 Å². The van der Waals surface area contributed by atoms with Gasteiger partial charge in [0.1, 0.15) is 30.0 Å². The summed E-state index contributed by atoms with van der Waals surface area (Å²) < 4.78 is 14.9. The average molecular weight is 846 g/mol. The number of aromatic hydroxyl groups is 1. The number of esters is 1. The van der Waals surface area contributed by atoms with Gasteiger partial charge in [-0.1, -0.05) is 39.8 Å². The number of cyclic esters (lactones) is 1. The number of phenolic OH excluding ortho intramolecular Hbond substituents is 1. The molecule has 4 aromatic rings. The van der Waals surface area contributed by atoms with Gasteiger partial charge in [-0.25, -0.2) is 5.43 Å². The number of phenols is 1. The summed E-state index contributed by atoms with van der Waals surface area (Å²) in [4.78, 5) is 63.6. The summed E-state index contributed by atoms with van der Waals surface area (Å²) in [7, 11) is 3.38. The zero-order chi connectivity index (χ0) is 43.8. The highest BCUT2D eigenvalue weighted by Crippen LogP contribution is 2.58. The number of carbonyl (C=O) groups excluding carboxylic acids is 4. The Balaban J connectivity index is 1.15. The van der Waals surface area contributed by atoms with Crippen LogP contribution in [0.2, 0.25) is 0 Å². The first-order chi connectivity index (χ1) is 29.7. The lowest BCUT2D eigenvalue weighted by Gasteiger charge is -2.42. The SMILES string of the molecule is CCn1c2c3c4cc(ccc41)-c1cc(O)cc(c1)C[C@H](NC(=O)[C@H](C(C)C)N(C)C(=O)[C@]14CNCC1C4)C(=O)N1CCC[C@H](N1)C(=O)OCC(C)(C)C3[C@H](OC)c1ncccc1-2. The summed E-state index contributed by atoms with van der Waals surface area (Å²) >= 11 is 0. The van der Waals surface area contributed by atoms with Crippen molar-refractivity contribution in [2.24, 2.45) is 22.7 Å².